The van der Waals surface area contributed by atoms with E-state index in [0.717, 1.165) is 11.9 Å². The minimum Gasteiger partial charge on any atom is -0.497 e. The van der Waals surface area contributed by atoms with E-state index in [9.17, 15) is 13.2 Å². The molecule has 0 fully saturated rings. The number of methoxy groups -OCH3 is 1. The molecular formula is C26H32N4O8S. The second-order valence-electron chi connectivity index (χ2n) is 9.15. The van der Waals surface area contributed by atoms with Crippen molar-refractivity contribution >= 4 is 21.9 Å². The summed E-state index contributed by atoms with van der Waals surface area (Å²) < 4.78 is 50.7. The molecule has 0 radical (unpaired) electrons. The topological polar surface area (TPSA) is 158 Å². The summed E-state index contributed by atoms with van der Waals surface area (Å²) in [5.41, 5.74) is 0.837. The SMILES string of the molecule is COc1cccc(Oc2c(NS(=O)(=O)c3ccc(C(C)(C)C)cc3)ncnc2OCCOC(=O)NCCO)c1. The third kappa shape index (κ3) is 8.45. The van der Waals surface area contributed by atoms with Gasteiger partial charge in [-0.2, -0.15) is 4.98 Å². The molecule has 0 bridgehead atoms. The van der Waals surface area contributed by atoms with Crippen LogP contribution in [-0.2, 0) is 20.2 Å². The van der Waals surface area contributed by atoms with Crippen LogP contribution in [0.4, 0.5) is 10.6 Å². The number of benzene rings is 2. The van der Waals surface area contributed by atoms with Crippen molar-refractivity contribution in [2.75, 3.05) is 38.2 Å². The van der Waals surface area contributed by atoms with Crippen molar-refractivity contribution in [1.82, 2.24) is 15.3 Å². The number of alkyl carbamates (subject to hydrolysis) is 1. The molecule has 0 aliphatic heterocycles. The molecule has 39 heavy (non-hydrogen) atoms. The first-order valence-electron chi connectivity index (χ1n) is 12.0. The number of anilines is 1. The Balaban J connectivity index is 1.87. The van der Waals surface area contributed by atoms with Crippen molar-refractivity contribution < 1.29 is 37.3 Å². The zero-order valence-corrected chi connectivity index (χ0v) is 22.9. The molecule has 1 heterocycles. The highest BCUT2D eigenvalue weighted by atomic mass is 32.2. The minimum absolute atomic E-state index is 0.0335. The number of hydrogen-bond donors (Lipinski definition) is 3. The lowest BCUT2D eigenvalue weighted by Crippen LogP contribution is -2.28. The molecule has 0 spiro atoms. The molecule has 3 rings (SSSR count). The molecule has 0 saturated heterocycles. The molecule has 1 amide bonds. The maximum absolute atomic E-state index is 13.2. The zero-order valence-electron chi connectivity index (χ0n) is 22.1. The number of aliphatic hydroxyl groups excluding tert-OH is 1. The van der Waals surface area contributed by atoms with Gasteiger partial charge in [0.05, 0.1) is 18.6 Å². The molecule has 13 heteroatoms. The monoisotopic (exact) mass is 560 g/mol. The second kappa shape index (κ2) is 13.1. The van der Waals surface area contributed by atoms with E-state index < -0.39 is 16.1 Å². The quantitative estimate of drug-likeness (QED) is 0.280. The van der Waals surface area contributed by atoms with Crippen LogP contribution in [0.5, 0.6) is 23.1 Å². The van der Waals surface area contributed by atoms with Gasteiger partial charge in [-0.25, -0.2) is 18.2 Å². The first kappa shape index (κ1) is 29.5. The smallest absolute Gasteiger partial charge is 0.407 e. The van der Waals surface area contributed by atoms with Gasteiger partial charge in [-0.1, -0.05) is 39.0 Å². The fourth-order valence-electron chi connectivity index (χ4n) is 3.21. The minimum atomic E-state index is -4.06. The van der Waals surface area contributed by atoms with Crippen molar-refractivity contribution in [2.24, 2.45) is 0 Å². The van der Waals surface area contributed by atoms with Crippen molar-refractivity contribution in [3.63, 3.8) is 0 Å². The maximum atomic E-state index is 13.2. The molecule has 12 nitrogen and oxygen atoms in total. The molecule has 210 valence electrons. The number of amides is 1. The predicted octanol–water partition coefficient (Wildman–Crippen LogP) is 3.47. The van der Waals surface area contributed by atoms with Gasteiger partial charge in [0.15, 0.2) is 5.82 Å². The van der Waals surface area contributed by atoms with E-state index in [1.165, 1.54) is 19.2 Å². The first-order valence-corrected chi connectivity index (χ1v) is 13.5. The molecule has 0 unspecified atom stereocenters. The summed E-state index contributed by atoms with van der Waals surface area (Å²) in [5.74, 6) is 0.460. The number of nitrogens with one attached hydrogen (secondary N) is 2. The van der Waals surface area contributed by atoms with Gasteiger partial charge in [0.1, 0.15) is 31.0 Å². The summed E-state index contributed by atoms with van der Waals surface area (Å²) >= 11 is 0. The fraction of sp³-hybridized carbons (Fsp3) is 0.346. The third-order valence-electron chi connectivity index (χ3n) is 5.23. The van der Waals surface area contributed by atoms with Crippen LogP contribution in [-0.4, -0.2) is 63.1 Å². The van der Waals surface area contributed by atoms with Crippen LogP contribution in [0.2, 0.25) is 0 Å². The summed E-state index contributed by atoms with van der Waals surface area (Å²) in [7, 11) is -2.56. The predicted molar refractivity (Wildman–Crippen MR) is 143 cm³/mol. The van der Waals surface area contributed by atoms with Gasteiger partial charge < -0.3 is 29.4 Å². The van der Waals surface area contributed by atoms with Gasteiger partial charge in [0.2, 0.25) is 5.75 Å². The Bertz CT molecular complexity index is 1360. The average Bonchev–Trinajstić information content (AvgIpc) is 2.91. The van der Waals surface area contributed by atoms with E-state index in [2.05, 4.69) is 20.0 Å². The fourth-order valence-corrected chi connectivity index (χ4v) is 4.22. The van der Waals surface area contributed by atoms with Crippen molar-refractivity contribution in [3.05, 3.63) is 60.4 Å². The van der Waals surface area contributed by atoms with Crippen LogP contribution in [0.1, 0.15) is 26.3 Å². The number of ether oxygens (including phenoxy) is 4. The number of carbonyl (C=O) groups is 1. The number of aliphatic hydroxyl groups is 1. The molecule has 1 aromatic heterocycles. The lowest BCUT2D eigenvalue weighted by atomic mass is 9.87. The number of carbonyl (C=O) groups excluding carboxylic acids is 1. The molecule has 0 aliphatic carbocycles. The number of sulfonamides is 1. The molecule has 0 saturated carbocycles. The van der Waals surface area contributed by atoms with Gasteiger partial charge in [-0.15, -0.1) is 0 Å². The molecule has 3 aromatic rings. The molecule has 3 N–H and O–H groups in total. The van der Waals surface area contributed by atoms with Crippen molar-refractivity contribution in [3.8, 4) is 23.1 Å². The van der Waals surface area contributed by atoms with Gasteiger partial charge in [-0.3, -0.25) is 4.72 Å². The summed E-state index contributed by atoms with van der Waals surface area (Å²) in [6.45, 7) is 5.65. The average molecular weight is 561 g/mol. The van der Waals surface area contributed by atoms with E-state index in [4.69, 9.17) is 24.1 Å². The Morgan fingerprint density at radius 1 is 1.03 bits per heavy atom. The van der Waals surface area contributed by atoms with Gasteiger partial charge in [0, 0.05) is 12.6 Å². The Hall–Kier alpha value is -4.10. The number of nitrogens with zero attached hydrogens (tertiary/aromatic N) is 2. The standard InChI is InChI=1S/C26H32N4O8S/c1-26(2,3)18-8-10-21(11-9-18)39(33,34)30-23-22(38-20-7-5-6-19(16-20)35-4)24(29-17-28-23)36-14-15-37-25(32)27-12-13-31/h5-11,16-17,31H,12-15H2,1-4H3,(H,27,32)(H,28,29,30). The van der Waals surface area contributed by atoms with Crippen LogP contribution in [0, 0.1) is 0 Å². The van der Waals surface area contributed by atoms with Gasteiger partial charge >= 0.3 is 6.09 Å². The number of aromatic nitrogens is 2. The van der Waals surface area contributed by atoms with Crippen LogP contribution in [0.15, 0.2) is 59.8 Å². The van der Waals surface area contributed by atoms with E-state index in [-0.39, 0.29) is 54.1 Å². The second-order valence-corrected chi connectivity index (χ2v) is 10.8. The Labute approximate surface area is 227 Å². The first-order chi connectivity index (χ1) is 18.5. The highest BCUT2D eigenvalue weighted by molar-refractivity contribution is 7.92. The van der Waals surface area contributed by atoms with Crippen molar-refractivity contribution in [1.29, 1.82) is 0 Å². The largest absolute Gasteiger partial charge is 0.497 e. The van der Waals surface area contributed by atoms with E-state index >= 15 is 0 Å². The normalized spacial score (nSPS) is 11.4. The lowest BCUT2D eigenvalue weighted by molar-refractivity contribution is 0.121. The molecule has 0 atom stereocenters. The van der Waals surface area contributed by atoms with E-state index in [1.54, 1.807) is 36.4 Å². The van der Waals surface area contributed by atoms with Crippen LogP contribution < -0.4 is 24.2 Å². The highest BCUT2D eigenvalue weighted by Gasteiger charge is 2.23. The molecule has 2 aromatic carbocycles. The summed E-state index contributed by atoms with van der Waals surface area (Å²) in [6, 6.07) is 13.2. The number of rotatable bonds is 12. The molecular weight excluding hydrogens is 528 g/mol. The van der Waals surface area contributed by atoms with Crippen LogP contribution in [0.25, 0.3) is 0 Å². The lowest BCUT2D eigenvalue weighted by Gasteiger charge is -2.19. The molecule has 0 aliphatic rings. The van der Waals surface area contributed by atoms with E-state index in [0.29, 0.717) is 11.5 Å². The van der Waals surface area contributed by atoms with Crippen molar-refractivity contribution in [2.45, 2.75) is 31.1 Å². The van der Waals surface area contributed by atoms with E-state index in [1.807, 2.05) is 20.8 Å². The van der Waals surface area contributed by atoms with Gasteiger partial charge in [0.25, 0.3) is 15.9 Å². The van der Waals surface area contributed by atoms with Crippen LogP contribution >= 0.6 is 0 Å². The maximum Gasteiger partial charge on any atom is 0.407 e. The summed E-state index contributed by atoms with van der Waals surface area (Å²) in [6.07, 6.45) is 0.387. The summed E-state index contributed by atoms with van der Waals surface area (Å²) in [5, 5.41) is 11.1. The van der Waals surface area contributed by atoms with Crippen LogP contribution in [0.3, 0.4) is 0 Å². The third-order valence-corrected chi connectivity index (χ3v) is 6.59. The van der Waals surface area contributed by atoms with Gasteiger partial charge in [-0.05, 0) is 35.2 Å². The summed E-state index contributed by atoms with van der Waals surface area (Å²) in [4.78, 5) is 19.7. The Morgan fingerprint density at radius 3 is 2.41 bits per heavy atom. The highest BCUT2D eigenvalue weighted by Crippen LogP contribution is 2.37. The Kier molecular flexibility index (Phi) is 9.90. The zero-order chi connectivity index (χ0) is 28.5. The number of hydrogen-bond acceptors (Lipinski definition) is 10. The Morgan fingerprint density at radius 2 is 1.74 bits per heavy atom.